The number of halogens is 1. The minimum Gasteiger partial charge on any atom is -0.332 e. The summed E-state index contributed by atoms with van der Waals surface area (Å²) in [5.74, 6) is 0.980. The van der Waals surface area contributed by atoms with E-state index in [1.54, 1.807) is 6.92 Å². The molecule has 1 aliphatic carbocycles. The van der Waals surface area contributed by atoms with Crippen LogP contribution in [0.2, 0.25) is 0 Å². The Balaban J connectivity index is 2.12. The number of nitrogens with zero attached hydrogens (tertiary/aromatic N) is 1. The van der Waals surface area contributed by atoms with Gasteiger partial charge in [0.05, 0.1) is 6.20 Å². The fourth-order valence-electron chi connectivity index (χ4n) is 2.35. The molecule has 1 aliphatic rings. The second-order valence-electron chi connectivity index (χ2n) is 4.76. The van der Waals surface area contributed by atoms with Crippen molar-refractivity contribution in [3.63, 3.8) is 0 Å². The summed E-state index contributed by atoms with van der Waals surface area (Å²) in [4.78, 5) is 6.70. The predicted octanol–water partition coefficient (Wildman–Crippen LogP) is 1.95. The van der Waals surface area contributed by atoms with Crippen molar-refractivity contribution >= 4 is 26.0 Å². The fourth-order valence-corrected chi connectivity index (χ4v) is 4.43. The maximum absolute atomic E-state index is 12.2. The number of aromatic amines is 1. The number of sulfonamides is 1. The molecule has 1 saturated carbocycles. The monoisotopic (exact) mass is 335 g/mol. The largest absolute Gasteiger partial charge is 0.332 e. The van der Waals surface area contributed by atoms with Crippen molar-refractivity contribution in [3.8, 4) is 0 Å². The molecule has 0 radical (unpaired) electrons. The first kappa shape index (κ1) is 14.0. The Morgan fingerprint density at radius 1 is 1.50 bits per heavy atom. The third-order valence-corrected chi connectivity index (χ3v) is 5.61. The van der Waals surface area contributed by atoms with Crippen LogP contribution in [0.5, 0.6) is 0 Å². The van der Waals surface area contributed by atoms with Crippen molar-refractivity contribution < 1.29 is 8.42 Å². The van der Waals surface area contributed by atoms with E-state index >= 15 is 0 Å². The van der Waals surface area contributed by atoms with Crippen LogP contribution in [0.15, 0.2) is 11.2 Å². The summed E-state index contributed by atoms with van der Waals surface area (Å²) in [5, 5.41) is 0.987. The van der Waals surface area contributed by atoms with Crippen LogP contribution in [-0.4, -0.2) is 29.8 Å². The van der Waals surface area contributed by atoms with Gasteiger partial charge in [0.25, 0.3) is 10.0 Å². The lowest BCUT2D eigenvalue weighted by atomic mass is 9.87. The van der Waals surface area contributed by atoms with Gasteiger partial charge >= 0.3 is 0 Å². The normalized spacial score (nSPS) is 25.2. The predicted molar refractivity (Wildman–Crippen MR) is 73.2 cm³/mol. The summed E-state index contributed by atoms with van der Waals surface area (Å²) in [7, 11) is -3.47. The average molecular weight is 336 g/mol. The fraction of sp³-hybridized carbons (Fsp3) is 0.727. The van der Waals surface area contributed by atoms with Gasteiger partial charge in [0.2, 0.25) is 0 Å². The number of hydrogen-bond acceptors (Lipinski definition) is 3. The number of aryl methyl sites for hydroxylation is 1. The lowest BCUT2D eigenvalue weighted by Gasteiger charge is -2.30. The summed E-state index contributed by atoms with van der Waals surface area (Å²) in [6.45, 7) is 1.74. The average Bonchev–Trinajstić information content (AvgIpc) is 2.77. The second kappa shape index (κ2) is 5.71. The summed E-state index contributed by atoms with van der Waals surface area (Å²) < 4.78 is 27.2. The molecule has 2 atom stereocenters. The van der Waals surface area contributed by atoms with Crippen molar-refractivity contribution in [3.05, 3.63) is 12.0 Å². The molecule has 0 saturated heterocycles. The molecule has 1 fully saturated rings. The Labute approximate surface area is 116 Å². The first-order valence-corrected chi connectivity index (χ1v) is 8.73. The van der Waals surface area contributed by atoms with Crippen molar-refractivity contribution in [2.24, 2.45) is 5.92 Å². The Kier molecular flexibility index (Phi) is 4.45. The van der Waals surface area contributed by atoms with Crippen LogP contribution in [0.3, 0.4) is 0 Å². The summed E-state index contributed by atoms with van der Waals surface area (Å²) in [6, 6.07) is 0.0201. The molecule has 0 aromatic carbocycles. The van der Waals surface area contributed by atoms with E-state index in [0.717, 1.165) is 24.6 Å². The summed E-state index contributed by atoms with van der Waals surface area (Å²) >= 11 is 3.46. The molecule has 2 rings (SSSR count). The van der Waals surface area contributed by atoms with Gasteiger partial charge in [-0.2, -0.15) is 0 Å². The van der Waals surface area contributed by atoms with Gasteiger partial charge in [-0.15, -0.1) is 0 Å². The molecular formula is C11H18BrN3O2S. The van der Waals surface area contributed by atoms with Crippen molar-refractivity contribution in [1.82, 2.24) is 14.7 Å². The molecule has 5 nitrogen and oxygen atoms in total. The molecule has 2 unspecified atom stereocenters. The first-order chi connectivity index (χ1) is 8.53. The van der Waals surface area contributed by atoms with Crippen LogP contribution in [0.4, 0.5) is 0 Å². The minimum atomic E-state index is -3.47. The van der Waals surface area contributed by atoms with Gasteiger partial charge in [-0.05, 0) is 25.7 Å². The van der Waals surface area contributed by atoms with Gasteiger partial charge in [-0.1, -0.05) is 28.8 Å². The molecule has 7 heteroatoms. The molecular weight excluding hydrogens is 318 g/mol. The maximum atomic E-state index is 12.2. The van der Waals surface area contributed by atoms with Crippen LogP contribution in [-0.2, 0) is 10.0 Å². The Bertz CT molecular complexity index is 500. The number of aromatic nitrogens is 2. The number of imidazole rings is 1. The molecule has 0 amide bonds. The molecule has 18 heavy (non-hydrogen) atoms. The Morgan fingerprint density at radius 2 is 2.22 bits per heavy atom. The zero-order valence-electron chi connectivity index (χ0n) is 10.3. The first-order valence-electron chi connectivity index (χ1n) is 6.13. The third kappa shape index (κ3) is 3.13. The van der Waals surface area contributed by atoms with Crippen LogP contribution in [0.25, 0.3) is 0 Å². The second-order valence-corrected chi connectivity index (χ2v) is 7.09. The van der Waals surface area contributed by atoms with E-state index in [1.165, 1.54) is 12.6 Å². The van der Waals surface area contributed by atoms with Crippen molar-refractivity contribution in [2.75, 3.05) is 5.33 Å². The highest BCUT2D eigenvalue weighted by molar-refractivity contribution is 9.09. The summed E-state index contributed by atoms with van der Waals surface area (Å²) in [6.07, 6.45) is 5.60. The summed E-state index contributed by atoms with van der Waals surface area (Å²) in [5.41, 5.74) is 0. The van der Waals surface area contributed by atoms with Gasteiger partial charge in [-0.25, -0.2) is 18.1 Å². The van der Waals surface area contributed by atoms with Crippen molar-refractivity contribution in [1.29, 1.82) is 0 Å². The highest BCUT2D eigenvalue weighted by Crippen LogP contribution is 2.27. The zero-order valence-corrected chi connectivity index (χ0v) is 12.7. The lowest BCUT2D eigenvalue weighted by molar-refractivity contribution is 0.316. The van der Waals surface area contributed by atoms with Gasteiger partial charge in [-0.3, -0.25) is 0 Å². The highest BCUT2D eigenvalue weighted by atomic mass is 79.9. The van der Waals surface area contributed by atoms with Gasteiger partial charge in [0.1, 0.15) is 5.82 Å². The van der Waals surface area contributed by atoms with E-state index in [-0.39, 0.29) is 11.1 Å². The number of hydrogen-bond donors (Lipinski definition) is 2. The van der Waals surface area contributed by atoms with Crippen LogP contribution in [0, 0.1) is 12.8 Å². The molecule has 102 valence electrons. The van der Waals surface area contributed by atoms with E-state index in [1.807, 2.05) is 0 Å². The van der Waals surface area contributed by atoms with E-state index in [4.69, 9.17) is 0 Å². The molecule has 0 aliphatic heterocycles. The third-order valence-electron chi connectivity index (χ3n) is 3.38. The lowest BCUT2D eigenvalue weighted by Crippen LogP contribution is -2.42. The molecule has 1 heterocycles. The van der Waals surface area contributed by atoms with E-state index in [0.29, 0.717) is 11.7 Å². The number of nitrogens with one attached hydrogen (secondary N) is 2. The van der Waals surface area contributed by atoms with Crippen molar-refractivity contribution in [2.45, 2.75) is 43.7 Å². The molecule has 0 bridgehead atoms. The molecule has 0 spiro atoms. The van der Waals surface area contributed by atoms with E-state index in [9.17, 15) is 8.42 Å². The minimum absolute atomic E-state index is 0.0201. The quantitative estimate of drug-likeness (QED) is 0.826. The Morgan fingerprint density at radius 3 is 2.83 bits per heavy atom. The highest BCUT2D eigenvalue weighted by Gasteiger charge is 2.29. The molecule has 2 N–H and O–H groups in total. The smallest absolute Gasteiger partial charge is 0.257 e. The van der Waals surface area contributed by atoms with Gasteiger partial charge in [0.15, 0.2) is 5.03 Å². The SMILES string of the molecule is Cc1ncc(S(=O)(=O)NC2CCCCC2CBr)[nH]1. The van der Waals surface area contributed by atoms with E-state index < -0.39 is 10.0 Å². The Hall–Kier alpha value is -0.400. The number of rotatable bonds is 4. The zero-order chi connectivity index (χ0) is 13.2. The van der Waals surface area contributed by atoms with Crippen LogP contribution in [0.1, 0.15) is 31.5 Å². The van der Waals surface area contributed by atoms with Crippen LogP contribution < -0.4 is 4.72 Å². The van der Waals surface area contributed by atoms with Gasteiger partial charge < -0.3 is 4.98 Å². The standard InChI is InChI=1S/C11H18BrN3O2S/c1-8-13-7-11(14-8)18(16,17)15-10-5-3-2-4-9(10)6-12/h7,9-10,15H,2-6H2,1H3,(H,13,14). The molecule has 1 aromatic heterocycles. The number of H-pyrrole nitrogens is 1. The van der Waals surface area contributed by atoms with E-state index in [2.05, 4.69) is 30.6 Å². The number of alkyl halides is 1. The van der Waals surface area contributed by atoms with Gasteiger partial charge in [0, 0.05) is 11.4 Å². The topological polar surface area (TPSA) is 74.8 Å². The molecule has 1 aromatic rings. The van der Waals surface area contributed by atoms with Crippen LogP contribution >= 0.6 is 15.9 Å². The maximum Gasteiger partial charge on any atom is 0.257 e.